The number of fused-ring (bicyclic) bond motifs is 1. The molecule has 1 unspecified atom stereocenters. The molecule has 4 nitrogen and oxygen atoms in total. The minimum atomic E-state index is 0.300. The van der Waals surface area contributed by atoms with Gasteiger partial charge in [0.25, 0.3) is 0 Å². The van der Waals surface area contributed by atoms with Crippen LogP contribution in [0.25, 0.3) is 0 Å². The van der Waals surface area contributed by atoms with Crippen LogP contribution in [0.4, 0.5) is 0 Å². The first-order valence-electron chi connectivity index (χ1n) is 5.43. The normalized spacial score (nSPS) is 17.9. The SMILES string of the molecule is CNCc1nnc(C2Cc3ccccc32)o1. The lowest BCUT2D eigenvalue weighted by Crippen LogP contribution is -2.18. The summed E-state index contributed by atoms with van der Waals surface area (Å²) in [7, 11) is 1.86. The molecule has 0 saturated heterocycles. The fourth-order valence-electron chi connectivity index (χ4n) is 2.11. The van der Waals surface area contributed by atoms with Crippen LogP contribution in [0, 0.1) is 0 Å². The van der Waals surface area contributed by atoms with Gasteiger partial charge in [-0.1, -0.05) is 24.3 Å². The topological polar surface area (TPSA) is 51.0 Å². The quantitative estimate of drug-likeness (QED) is 0.842. The summed E-state index contributed by atoms with van der Waals surface area (Å²) in [5.74, 6) is 1.69. The second-order valence-electron chi connectivity index (χ2n) is 4.02. The summed E-state index contributed by atoms with van der Waals surface area (Å²) in [5.41, 5.74) is 2.71. The van der Waals surface area contributed by atoms with Crippen molar-refractivity contribution in [3.05, 3.63) is 47.2 Å². The zero-order chi connectivity index (χ0) is 11.0. The van der Waals surface area contributed by atoms with E-state index in [-0.39, 0.29) is 0 Å². The molecule has 0 saturated carbocycles. The molecule has 1 N–H and O–H groups in total. The van der Waals surface area contributed by atoms with Crippen molar-refractivity contribution in [1.29, 1.82) is 0 Å². The van der Waals surface area contributed by atoms with Crippen LogP contribution < -0.4 is 5.32 Å². The standard InChI is InChI=1S/C12H13N3O/c1-13-7-11-14-15-12(16-11)10-6-8-4-2-3-5-9(8)10/h2-5,10,13H,6-7H2,1H3. The Morgan fingerprint density at radius 2 is 2.25 bits per heavy atom. The van der Waals surface area contributed by atoms with Crippen LogP contribution in [-0.4, -0.2) is 17.2 Å². The Balaban J connectivity index is 1.85. The molecule has 0 amide bonds. The number of nitrogens with zero attached hydrogens (tertiary/aromatic N) is 2. The number of hydrogen-bond acceptors (Lipinski definition) is 4. The summed E-state index contributed by atoms with van der Waals surface area (Å²) in [6.45, 7) is 0.626. The van der Waals surface area contributed by atoms with E-state index in [1.54, 1.807) is 0 Å². The smallest absolute Gasteiger partial charge is 0.230 e. The van der Waals surface area contributed by atoms with Crippen LogP contribution in [0.1, 0.15) is 28.8 Å². The van der Waals surface area contributed by atoms with E-state index in [0.717, 1.165) is 12.3 Å². The van der Waals surface area contributed by atoms with Gasteiger partial charge in [-0.2, -0.15) is 0 Å². The lowest BCUT2D eigenvalue weighted by molar-refractivity contribution is 0.411. The van der Waals surface area contributed by atoms with Crippen LogP contribution in [0.15, 0.2) is 28.7 Å². The Kier molecular flexibility index (Phi) is 2.22. The summed E-state index contributed by atoms with van der Waals surface area (Å²) < 4.78 is 5.60. The lowest BCUT2D eigenvalue weighted by Gasteiger charge is -2.26. The molecule has 0 aliphatic heterocycles. The minimum Gasteiger partial charge on any atom is -0.423 e. The summed E-state index contributed by atoms with van der Waals surface area (Å²) in [4.78, 5) is 0. The van der Waals surface area contributed by atoms with E-state index in [0.29, 0.717) is 18.4 Å². The molecule has 1 aliphatic carbocycles. The van der Waals surface area contributed by atoms with Gasteiger partial charge in [0, 0.05) is 0 Å². The number of aromatic nitrogens is 2. The summed E-state index contributed by atoms with van der Waals surface area (Å²) in [5, 5.41) is 11.1. The Morgan fingerprint density at radius 3 is 3.06 bits per heavy atom. The van der Waals surface area contributed by atoms with E-state index >= 15 is 0 Å². The predicted molar refractivity (Wildman–Crippen MR) is 59.1 cm³/mol. The molecule has 82 valence electrons. The van der Waals surface area contributed by atoms with Crippen molar-refractivity contribution in [2.45, 2.75) is 18.9 Å². The molecular weight excluding hydrogens is 202 g/mol. The lowest BCUT2D eigenvalue weighted by atomic mass is 9.77. The highest BCUT2D eigenvalue weighted by atomic mass is 16.4. The van der Waals surface area contributed by atoms with Crippen molar-refractivity contribution in [2.75, 3.05) is 7.05 Å². The average Bonchev–Trinajstić information content (AvgIpc) is 2.69. The Bertz CT molecular complexity index is 506. The number of benzene rings is 1. The second kappa shape index (κ2) is 3.72. The molecule has 0 fully saturated rings. The van der Waals surface area contributed by atoms with Crippen molar-refractivity contribution in [3.63, 3.8) is 0 Å². The third-order valence-corrected chi connectivity index (χ3v) is 2.96. The monoisotopic (exact) mass is 215 g/mol. The van der Waals surface area contributed by atoms with Crippen LogP contribution in [0.2, 0.25) is 0 Å². The summed E-state index contributed by atoms with van der Waals surface area (Å²) in [6, 6.07) is 8.40. The van der Waals surface area contributed by atoms with Crippen molar-refractivity contribution < 1.29 is 4.42 Å². The van der Waals surface area contributed by atoms with Gasteiger partial charge >= 0.3 is 0 Å². The first-order chi connectivity index (χ1) is 7.88. The van der Waals surface area contributed by atoms with Crippen molar-refractivity contribution >= 4 is 0 Å². The molecule has 1 aromatic carbocycles. The largest absolute Gasteiger partial charge is 0.423 e. The van der Waals surface area contributed by atoms with E-state index in [4.69, 9.17) is 4.42 Å². The summed E-state index contributed by atoms with van der Waals surface area (Å²) in [6.07, 6.45) is 1.01. The Labute approximate surface area is 93.7 Å². The molecule has 1 atom stereocenters. The molecule has 3 rings (SSSR count). The molecule has 1 aromatic heterocycles. The second-order valence-corrected chi connectivity index (χ2v) is 4.02. The fourth-order valence-corrected chi connectivity index (χ4v) is 2.11. The molecule has 4 heteroatoms. The first kappa shape index (κ1) is 9.54. The molecule has 1 heterocycles. The highest BCUT2D eigenvalue weighted by molar-refractivity contribution is 5.43. The Hall–Kier alpha value is -1.68. The van der Waals surface area contributed by atoms with E-state index < -0.39 is 0 Å². The van der Waals surface area contributed by atoms with E-state index in [9.17, 15) is 0 Å². The van der Waals surface area contributed by atoms with E-state index in [1.165, 1.54) is 11.1 Å². The highest BCUT2D eigenvalue weighted by Crippen LogP contribution is 2.38. The molecule has 2 aromatic rings. The zero-order valence-electron chi connectivity index (χ0n) is 9.10. The number of nitrogens with one attached hydrogen (secondary N) is 1. The molecule has 0 radical (unpaired) electrons. The number of rotatable bonds is 3. The van der Waals surface area contributed by atoms with Gasteiger partial charge in [0.15, 0.2) is 0 Å². The van der Waals surface area contributed by atoms with E-state index in [1.807, 2.05) is 7.05 Å². The van der Waals surface area contributed by atoms with Gasteiger partial charge < -0.3 is 9.73 Å². The van der Waals surface area contributed by atoms with Gasteiger partial charge in [-0.25, -0.2) is 0 Å². The van der Waals surface area contributed by atoms with Crippen molar-refractivity contribution in [1.82, 2.24) is 15.5 Å². The van der Waals surface area contributed by atoms with E-state index in [2.05, 4.69) is 39.8 Å². The zero-order valence-corrected chi connectivity index (χ0v) is 9.10. The van der Waals surface area contributed by atoms with Crippen LogP contribution in [0.5, 0.6) is 0 Å². The molecule has 16 heavy (non-hydrogen) atoms. The first-order valence-corrected chi connectivity index (χ1v) is 5.43. The van der Waals surface area contributed by atoms with Crippen LogP contribution in [0.3, 0.4) is 0 Å². The fraction of sp³-hybridized carbons (Fsp3) is 0.333. The predicted octanol–water partition coefficient (Wildman–Crippen LogP) is 1.48. The maximum absolute atomic E-state index is 5.60. The van der Waals surface area contributed by atoms with Crippen LogP contribution in [-0.2, 0) is 13.0 Å². The summed E-state index contributed by atoms with van der Waals surface area (Å²) >= 11 is 0. The van der Waals surface area contributed by atoms with Crippen LogP contribution >= 0.6 is 0 Å². The van der Waals surface area contributed by atoms with Gasteiger partial charge in [0.2, 0.25) is 11.8 Å². The molecule has 1 aliphatic rings. The highest BCUT2D eigenvalue weighted by Gasteiger charge is 2.31. The van der Waals surface area contributed by atoms with Crippen molar-refractivity contribution in [2.24, 2.45) is 0 Å². The minimum absolute atomic E-state index is 0.300. The van der Waals surface area contributed by atoms with Gasteiger partial charge in [-0.3, -0.25) is 0 Å². The maximum Gasteiger partial charge on any atom is 0.230 e. The van der Waals surface area contributed by atoms with Crippen molar-refractivity contribution in [3.8, 4) is 0 Å². The molecule has 0 spiro atoms. The van der Waals surface area contributed by atoms with Gasteiger partial charge in [-0.15, -0.1) is 10.2 Å². The van der Waals surface area contributed by atoms with Gasteiger partial charge in [0.1, 0.15) is 0 Å². The molecular formula is C12H13N3O. The Morgan fingerprint density at radius 1 is 1.38 bits per heavy atom. The van der Waals surface area contributed by atoms with Gasteiger partial charge in [0.05, 0.1) is 12.5 Å². The maximum atomic E-state index is 5.60. The third kappa shape index (κ3) is 1.42. The third-order valence-electron chi connectivity index (χ3n) is 2.96. The number of hydrogen-bond donors (Lipinski definition) is 1. The molecule has 0 bridgehead atoms. The average molecular weight is 215 g/mol. The van der Waals surface area contributed by atoms with Gasteiger partial charge in [-0.05, 0) is 24.6 Å².